The first-order valence-electron chi connectivity index (χ1n) is 7.83. The third-order valence-electron chi connectivity index (χ3n) is 3.11. The second kappa shape index (κ2) is 10.6. The topological polar surface area (TPSA) is 74.6 Å². The molecule has 7 nitrogen and oxygen atoms in total. The van der Waals surface area contributed by atoms with Crippen LogP contribution >= 0.6 is 0 Å². The van der Waals surface area contributed by atoms with Crippen molar-refractivity contribution in [3.05, 3.63) is 18.5 Å². The van der Waals surface area contributed by atoms with E-state index in [2.05, 4.69) is 27.6 Å². The molecule has 1 aromatic heterocycles. The van der Waals surface area contributed by atoms with Gasteiger partial charge in [-0.25, -0.2) is 4.99 Å². The summed E-state index contributed by atoms with van der Waals surface area (Å²) in [4.78, 5) is 17.5. The summed E-state index contributed by atoms with van der Waals surface area (Å²) in [6, 6.07) is 1.92. The number of aromatic nitrogens is 2. The minimum atomic E-state index is -0.00636. The molecule has 0 saturated carbocycles. The lowest BCUT2D eigenvalue weighted by atomic mass is 10.3. The number of hydrogen-bond donors (Lipinski definition) is 2. The molecular formula is C15H28N6O. The first-order chi connectivity index (χ1) is 10.6. The smallest absolute Gasteiger partial charge is 0.243 e. The SMILES string of the molecule is CCCCNC(=NCC(=O)N(C)C)NCCCn1cccn1. The average Bonchev–Trinajstić information content (AvgIpc) is 3.01. The standard InChI is InChI=1S/C15H28N6O/c1-4-5-8-16-15(18-13-14(22)20(2)3)17-9-6-11-21-12-7-10-19-21/h7,10,12H,4-6,8-9,11,13H2,1-3H3,(H2,16,17,18). The molecule has 0 atom stereocenters. The number of guanidine groups is 1. The van der Waals surface area contributed by atoms with Crippen molar-refractivity contribution in [3.63, 3.8) is 0 Å². The first kappa shape index (κ1) is 18.0. The molecule has 0 unspecified atom stereocenters. The highest BCUT2D eigenvalue weighted by Crippen LogP contribution is 1.89. The highest BCUT2D eigenvalue weighted by atomic mass is 16.2. The van der Waals surface area contributed by atoms with E-state index in [1.54, 1.807) is 25.2 Å². The van der Waals surface area contributed by atoms with Gasteiger partial charge >= 0.3 is 0 Å². The fraction of sp³-hybridized carbons (Fsp3) is 0.667. The van der Waals surface area contributed by atoms with Crippen molar-refractivity contribution in [3.8, 4) is 0 Å². The highest BCUT2D eigenvalue weighted by molar-refractivity contribution is 5.84. The molecule has 1 aromatic rings. The van der Waals surface area contributed by atoms with Crippen molar-refractivity contribution in [1.82, 2.24) is 25.3 Å². The summed E-state index contributed by atoms with van der Waals surface area (Å²) in [5, 5.41) is 10.7. The minimum Gasteiger partial charge on any atom is -0.356 e. The summed E-state index contributed by atoms with van der Waals surface area (Å²) in [6.45, 7) is 4.81. The molecule has 1 heterocycles. The van der Waals surface area contributed by atoms with Gasteiger partial charge in [-0.3, -0.25) is 9.48 Å². The van der Waals surface area contributed by atoms with Crippen LogP contribution in [0.3, 0.4) is 0 Å². The molecule has 0 fully saturated rings. The van der Waals surface area contributed by atoms with E-state index in [1.165, 1.54) is 0 Å². The van der Waals surface area contributed by atoms with E-state index >= 15 is 0 Å². The van der Waals surface area contributed by atoms with Gasteiger partial charge in [0.15, 0.2) is 5.96 Å². The molecule has 1 amide bonds. The Bertz CT molecular complexity index is 441. The van der Waals surface area contributed by atoms with Gasteiger partial charge in [0.1, 0.15) is 6.54 Å². The number of likely N-dealkylation sites (N-methyl/N-ethyl adjacent to an activating group) is 1. The van der Waals surface area contributed by atoms with Crippen molar-refractivity contribution in [1.29, 1.82) is 0 Å². The highest BCUT2D eigenvalue weighted by Gasteiger charge is 2.04. The van der Waals surface area contributed by atoms with Gasteiger partial charge in [-0.1, -0.05) is 13.3 Å². The largest absolute Gasteiger partial charge is 0.356 e. The molecular weight excluding hydrogens is 280 g/mol. The Morgan fingerprint density at radius 3 is 2.59 bits per heavy atom. The van der Waals surface area contributed by atoms with Crippen LogP contribution in [0.15, 0.2) is 23.5 Å². The average molecular weight is 308 g/mol. The molecule has 0 aliphatic rings. The van der Waals surface area contributed by atoms with Crippen LogP contribution in [0, 0.1) is 0 Å². The van der Waals surface area contributed by atoms with Gasteiger partial charge in [0.05, 0.1) is 0 Å². The van der Waals surface area contributed by atoms with Crippen molar-refractivity contribution in [2.24, 2.45) is 4.99 Å². The van der Waals surface area contributed by atoms with Crippen LogP contribution in [0.1, 0.15) is 26.2 Å². The molecule has 0 radical (unpaired) electrons. The number of aryl methyl sites for hydroxylation is 1. The lowest BCUT2D eigenvalue weighted by molar-refractivity contribution is -0.127. The molecule has 124 valence electrons. The van der Waals surface area contributed by atoms with Gasteiger partial charge in [-0.15, -0.1) is 0 Å². The quantitative estimate of drug-likeness (QED) is 0.400. The summed E-state index contributed by atoms with van der Waals surface area (Å²) in [5.74, 6) is 0.692. The van der Waals surface area contributed by atoms with Crippen molar-refractivity contribution in [2.75, 3.05) is 33.7 Å². The van der Waals surface area contributed by atoms with Gasteiger partial charge in [-0.05, 0) is 18.9 Å². The van der Waals surface area contributed by atoms with E-state index in [4.69, 9.17) is 0 Å². The van der Waals surface area contributed by atoms with E-state index in [1.807, 2.05) is 16.9 Å². The van der Waals surface area contributed by atoms with E-state index in [0.29, 0.717) is 5.96 Å². The zero-order valence-electron chi connectivity index (χ0n) is 13.9. The van der Waals surface area contributed by atoms with Crippen LogP contribution < -0.4 is 10.6 Å². The van der Waals surface area contributed by atoms with Gasteiger partial charge in [0.2, 0.25) is 5.91 Å². The Morgan fingerprint density at radius 2 is 2.00 bits per heavy atom. The minimum absolute atomic E-state index is 0.00636. The van der Waals surface area contributed by atoms with Gasteiger partial charge in [0, 0.05) is 46.1 Å². The molecule has 1 rings (SSSR count). The van der Waals surface area contributed by atoms with Gasteiger partial charge < -0.3 is 15.5 Å². The summed E-state index contributed by atoms with van der Waals surface area (Å²) < 4.78 is 1.90. The number of nitrogens with one attached hydrogen (secondary N) is 2. The van der Waals surface area contributed by atoms with Crippen LogP contribution in [0.2, 0.25) is 0 Å². The summed E-state index contributed by atoms with van der Waals surface area (Å²) in [5.41, 5.74) is 0. The van der Waals surface area contributed by atoms with Crippen molar-refractivity contribution in [2.45, 2.75) is 32.7 Å². The Labute approximate surface area is 132 Å². The third kappa shape index (κ3) is 7.66. The van der Waals surface area contributed by atoms with E-state index in [9.17, 15) is 4.79 Å². The molecule has 2 N–H and O–H groups in total. The number of carbonyl (C=O) groups is 1. The zero-order valence-corrected chi connectivity index (χ0v) is 13.9. The maximum atomic E-state index is 11.6. The van der Waals surface area contributed by atoms with Crippen molar-refractivity contribution >= 4 is 11.9 Å². The second-order valence-corrected chi connectivity index (χ2v) is 5.28. The van der Waals surface area contributed by atoms with Crippen LogP contribution in [0.25, 0.3) is 0 Å². The normalized spacial score (nSPS) is 11.3. The number of nitrogens with zero attached hydrogens (tertiary/aromatic N) is 4. The summed E-state index contributed by atoms with van der Waals surface area (Å²) in [6.07, 6.45) is 6.87. The lowest BCUT2D eigenvalue weighted by Gasteiger charge is -2.13. The summed E-state index contributed by atoms with van der Waals surface area (Å²) >= 11 is 0. The van der Waals surface area contributed by atoms with Crippen LogP contribution in [-0.2, 0) is 11.3 Å². The molecule has 0 aliphatic heterocycles. The Kier molecular flexibility index (Phi) is 8.71. The van der Waals surface area contributed by atoms with E-state index in [-0.39, 0.29) is 12.5 Å². The van der Waals surface area contributed by atoms with Gasteiger partial charge in [0.25, 0.3) is 0 Å². The maximum absolute atomic E-state index is 11.6. The van der Waals surface area contributed by atoms with Crippen LogP contribution in [-0.4, -0.2) is 60.3 Å². The number of carbonyl (C=O) groups excluding carboxylic acids is 1. The van der Waals surface area contributed by atoms with Gasteiger partial charge in [-0.2, -0.15) is 5.10 Å². The number of aliphatic imine (C=N–C) groups is 1. The maximum Gasteiger partial charge on any atom is 0.243 e. The molecule has 0 saturated heterocycles. The van der Waals surface area contributed by atoms with Crippen molar-refractivity contribution < 1.29 is 4.79 Å². The fourth-order valence-electron chi connectivity index (χ4n) is 1.73. The number of rotatable bonds is 9. The molecule has 7 heteroatoms. The number of hydrogen-bond acceptors (Lipinski definition) is 3. The summed E-state index contributed by atoms with van der Waals surface area (Å²) in [7, 11) is 3.47. The Morgan fingerprint density at radius 1 is 1.27 bits per heavy atom. The molecule has 0 aromatic carbocycles. The fourth-order valence-corrected chi connectivity index (χ4v) is 1.73. The predicted molar refractivity (Wildman–Crippen MR) is 88.8 cm³/mol. The van der Waals surface area contributed by atoms with Crippen LogP contribution in [0.5, 0.6) is 0 Å². The third-order valence-corrected chi connectivity index (χ3v) is 3.11. The molecule has 22 heavy (non-hydrogen) atoms. The lowest BCUT2D eigenvalue weighted by Crippen LogP contribution is -2.39. The molecule has 0 bridgehead atoms. The number of amides is 1. The van der Waals surface area contributed by atoms with Crippen LogP contribution in [0.4, 0.5) is 0 Å². The number of unbranched alkanes of at least 4 members (excludes halogenated alkanes) is 1. The Balaban J connectivity index is 2.35. The zero-order chi connectivity index (χ0) is 16.2. The van der Waals surface area contributed by atoms with E-state index < -0.39 is 0 Å². The van der Waals surface area contributed by atoms with E-state index in [0.717, 1.165) is 38.9 Å². The predicted octanol–water partition coefficient (Wildman–Crippen LogP) is 0.697. The molecule has 0 aliphatic carbocycles. The molecule has 0 spiro atoms. The monoisotopic (exact) mass is 308 g/mol. The second-order valence-electron chi connectivity index (χ2n) is 5.28. The Hall–Kier alpha value is -2.05. The first-order valence-corrected chi connectivity index (χ1v) is 7.83.